The predicted molar refractivity (Wildman–Crippen MR) is 159 cm³/mol. The molecule has 0 spiro atoms. The fourth-order valence-electron chi connectivity index (χ4n) is 3.92. The Kier molecular flexibility index (Phi) is 11.6. The smallest absolute Gasteiger partial charge is 0.408 e. The van der Waals surface area contributed by atoms with E-state index >= 15 is 0 Å². The molecule has 0 saturated carbocycles. The molecule has 0 saturated heterocycles. The summed E-state index contributed by atoms with van der Waals surface area (Å²) in [7, 11) is 1.37. The van der Waals surface area contributed by atoms with E-state index in [1.165, 1.54) is 19.2 Å². The normalized spacial score (nSPS) is 13.8. The van der Waals surface area contributed by atoms with Crippen LogP contribution in [0.4, 0.5) is 4.79 Å². The van der Waals surface area contributed by atoms with Gasteiger partial charge in [-0.25, -0.2) is 9.59 Å². The molecule has 0 aliphatic heterocycles. The maximum atomic E-state index is 13.9. The molecule has 2 aromatic rings. The fourth-order valence-corrected chi connectivity index (χ4v) is 4.17. The van der Waals surface area contributed by atoms with E-state index in [2.05, 4.69) is 23.3 Å². The molecule has 0 aliphatic rings. The maximum absolute atomic E-state index is 13.9. The van der Waals surface area contributed by atoms with Gasteiger partial charge in [0.15, 0.2) is 0 Å². The van der Waals surface area contributed by atoms with Crippen molar-refractivity contribution in [3.8, 4) is 5.75 Å². The molecule has 10 nitrogen and oxygen atoms in total. The van der Waals surface area contributed by atoms with Gasteiger partial charge in [0, 0.05) is 24.8 Å². The number of carbonyl (C=O) groups is 4. The predicted octanol–water partition coefficient (Wildman–Crippen LogP) is 3.78. The SMILES string of the molecule is CN(C(=O)C(CS)NC(=O)OC(C)(C)C)C(C(=O)NC(Cc1ccccc1)C(=O)OC(C)(C)C)c1ccccc1O. The first-order valence-electron chi connectivity index (χ1n) is 13.2. The van der Waals surface area contributed by atoms with Gasteiger partial charge in [-0.05, 0) is 53.2 Å². The number of para-hydroxylation sites is 1. The molecule has 0 fully saturated rings. The molecular weight excluding hydrogens is 546 g/mol. The van der Waals surface area contributed by atoms with Gasteiger partial charge < -0.3 is 30.1 Å². The molecule has 0 bridgehead atoms. The molecule has 0 aromatic heterocycles. The van der Waals surface area contributed by atoms with Crippen LogP contribution in [0.25, 0.3) is 0 Å². The number of alkyl carbamates (subject to hydrolysis) is 1. The maximum Gasteiger partial charge on any atom is 0.408 e. The van der Waals surface area contributed by atoms with Crippen LogP contribution in [0.3, 0.4) is 0 Å². The molecule has 0 heterocycles. The zero-order valence-corrected chi connectivity index (χ0v) is 25.5. The van der Waals surface area contributed by atoms with Gasteiger partial charge in [0.05, 0.1) is 0 Å². The number of rotatable bonds is 10. The van der Waals surface area contributed by atoms with Crippen molar-refractivity contribution in [3.63, 3.8) is 0 Å². The summed E-state index contributed by atoms with van der Waals surface area (Å²) in [5.74, 6) is -2.37. The standard InChI is InChI=1S/C30H41N3O7S/c1-29(2,3)39-27(37)21(17-19-13-9-8-10-14-19)31-25(35)24(20-15-11-12-16-23(20)34)33(7)26(36)22(18-41)32-28(38)40-30(4,5)6/h8-16,21-22,24,34,41H,17-18H2,1-7H3,(H,31,35)(H,32,38). The number of phenolic OH excluding ortho intramolecular Hbond substituents is 1. The highest BCUT2D eigenvalue weighted by molar-refractivity contribution is 7.80. The summed E-state index contributed by atoms with van der Waals surface area (Å²) in [5.41, 5.74) is -0.704. The van der Waals surface area contributed by atoms with Crippen LogP contribution in [-0.4, -0.2) is 70.0 Å². The fraction of sp³-hybridized carbons (Fsp3) is 0.467. The van der Waals surface area contributed by atoms with Crippen LogP contribution in [0.15, 0.2) is 54.6 Å². The van der Waals surface area contributed by atoms with Crippen molar-refractivity contribution in [2.45, 2.75) is 77.3 Å². The summed E-state index contributed by atoms with van der Waals surface area (Å²) in [6, 6.07) is 11.6. The van der Waals surface area contributed by atoms with E-state index in [9.17, 15) is 24.3 Å². The first-order chi connectivity index (χ1) is 19.0. The van der Waals surface area contributed by atoms with Crippen molar-refractivity contribution in [1.29, 1.82) is 0 Å². The summed E-state index contributed by atoms with van der Waals surface area (Å²) >= 11 is 4.21. The minimum Gasteiger partial charge on any atom is -0.508 e. The minimum atomic E-state index is -1.37. The molecule has 3 unspecified atom stereocenters. The number of aromatic hydroxyl groups is 1. The third kappa shape index (κ3) is 10.6. The average molecular weight is 588 g/mol. The van der Waals surface area contributed by atoms with Crippen LogP contribution < -0.4 is 10.6 Å². The van der Waals surface area contributed by atoms with Crippen LogP contribution in [0.5, 0.6) is 5.75 Å². The monoisotopic (exact) mass is 587 g/mol. The summed E-state index contributed by atoms with van der Waals surface area (Å²) in [5, 5.41) is 15.9. The molecule has 0 radical (unpaired) electrons. The largest absolute Gasteiger partial charge is 0.508 e. The van der Waals surface area contributed by atoms with Gasteiger partial charge in [-0.3, -0.25) is 9.59 Å². The Labute approximate surface area is 247 Å². The average Bonchev–Trinajstić information content (AvgIpc) is 2.86. The van der Waals surface area contributed by atoms with Crippen LogP contribution in [0.2, 0.25) is 0 Å². The minimum absolute atomic E-state index is 0.0912. The van der Waals surface area contributed by atoms with Crippen LogP contribution in [0.1, 0.15) is 58.7 Å². The Bertz CT molecular complexity index is 1210. The van der Waals surface area contributed by atoms with E-state index in [4.69, 9.17) is 9.47 Å². The highest BCUT2D eigenvalue weighted by Crippen LogP contribution is 2.29. The number of hydrogen-bond donors (Lipinski definition) is 4. The number of likely N-dealkylation sites (N-methyl/N-ethyl adjacent to an activating group) is 1. The second kappa shape index (κ2) is 14.2. The highest BCUT2D eigenvalue weighted by Gasteiger charge is 2.37. The Balaban J connectivity index is 2.42. The van der Waals surface area contributed by atoms with Gasteiger partial charge in [0.1, 0.15) is 35.1 Å². The van der Waals surface area contributed by atoms with E-state index < -0.39 is 53.2 Å². The lowest BCUT2D eigenvalue weighted by molar-refractivity contribution is -0.159. The lowest BCUT2D eigenvalue weighted by atomic mass is 10.0. The van der Waals surface area contributed by atoms with Crippen molar-refractivity contribution >= 4 is 36.5 Å². The number of thiol groups is 1. The van der Waals surface area contributed by atoms with Gasteiger partial charge in [-0.2, -0.15) is 12.6 Å². The number of nitrogens with one attached hydrogen (secondary N) is 2. The third-order valence-electron chi connectivity index (χ3n) is 5.68. The second-order valence-electron chi connectivity index (χ2n) is 11.6. The first kappa shape index (κ1) is 33.5. The van der Waals surface area contributed by atoms with E-state index in [0.29, 0.717) is 0 Å². The van der Waals surface area contributed by atoms with Gasteiger partial charge in [-0.1, -0.05) is 48.5 Å². The van der Waals surface area contributed by atoms with Gasteiger partial charge >= 0.3 is 12.1 Å². The second-order valence-corrected chi connectivity index (χ2v) is 11.9. The van der Waals surface area contributed by atoms with Gasteiger partial charge in [0.25, 0.3) is 0 Å². The van der Waals surface area contributed by atoms with E-state index in [-0.39, 0.29) is 23.5 Å². The topological polar surface area (TPSA) is 134 Å². The van der Waals surface area contributed by atoms with Crippen molar-refractivity contribution in [1.82, 2.24) is 15.5 Å². The van der Waals surface area contributed by atoms with Crippen molar-refractivity contribution in [2.24, 2.45) is 0 Å². The van der Waals surface area contributed by atoms with E-state index in [0.717, 1.165) is 10.5 Å². The zero-order chi connectivity index (χ0) is 31.0. The lowest BCUT2D eigenvalue weighted by Gasteiger charge is -2.32. The van der Waals surface area contributed by atoms with Crippen molar-refractivity contribution in [3.05, 3.63) is 65.7 Å². The van der Waals surface area contributed by atoms with Gasteiger partial charge in [0.2, 0.25) is 11.8 Å². The van der Waals surface area contributed by atoms with Crippen molar-refractivity contribution < 1.29 is 33.8 Å². The van der Waals surface area contributed by atoms with E-state index in [1.54, 1.807) is 53.7 Å². The molecule has 11 heteroatoms. The van der Waals surface area contributed by atoms with Crippen LogP contribution in [0, 0.1) is 0 Å². The van der Waals surface area contributed by atoms with E-state index in [1.807, 2.05) is 30.3 Å². The number of ether oxygens (including phenoxy) is 2. The quantitative estimate of drug-likeness (QED) is 0.246. The molecular formula is C30H41N3O7S. The molecule has 2 rings (SSSR count). The van der Waals surface area contributed by atoms with Crippen LogP contribution >= 0.6 is 12.6 Å². The molecule has 2 aromatic carbocycles. The highest BCUT2D eigenvalue weighted by atomic mass is 32.1. The van der Waals surface area contributed by atoms with Crippen molar-refractivity contribution in [2.75, 3.05) is 12.8 Å². The Morgan fingerprint density at radius 1 is 0.854 bits per heavy atom. The number of hydrogen-bond acceptors (Lipinski definition) is 8. The van der Waals surface area contributed by atoms with Crippen LogP contribution in [-0.2, 0) is 30.3 Å². The number of benzene rings is 2. The number of nitrogens with zero attached hydrogens (tertiary/aromatic N) is 1. The number of phenols is 1. The summed E-state index contributed by atoms with van der Waals surface area (Å²) in [4.78, 5) is 54.1. The molecule has 0 aliphatic carbocycles. The zero-order valence-electron chi connectivity index (χ0n) is 24.6. The number of esters is 1. The first-order valence-corrected chi connectivity index (χ1v) is 13.9. The Morgan fingerprint density at radius 2 is 1.41 bits per heavy atom. The Hall–Kier alpha value is -3.73. The lowest BCUT2D eigenvalue weighted by Crippen LogP contribution is -2.54. The molecule has 3 N–H and O–H groups in total. The summed E-state index contributed by atoms with van der Waals surface area (Å²) in [6.45, 7) is 10.2. The molecule has 3 atom stereocenters. The summed E-state index contributed by atoms with van der Waals surface area (Å²) < 4.78 is 10.8. The molecule has 224 valence electrons. The number of carbonyl (C=O) groups excluding carboxylic acids is 4. The third-order valence-corrected chi connectivity index (χ3v) is 6.04. The molecule has 41 heavy (non-hydrogen) atoms. The summed E-state index contributed by atoms with van der Waals surface area (Å²) in [6.07, 6.45) is -0.693. The van der Waals surface area contributed by atoms with Gasteiger partial charge in [-0.15, -0.1) is 0 Å². The molecule has 3 amide bonds. The Morgan fingerprint density at radius 3 is 1.95 bits per heavy atom. The number of amides is 3.